The molecule has 0 saturated carbocycles. The molecule has 100 valence electrons. The number of methoxy groups -OCH3 is 1. The minimum absolute atomic E-state index is 0.544. The molecule has 0 aliphatic carbocycles. The Hall–Kier alpha value is -2.07. The minimum atomic E-state index is 0.544. The predicted molar refractivity (Wildman–Crippen MR) is 82.5 cm³/mol. The van der Waals surface area contributed by atoms with Crippen LogP contribution in [0.15, 0.2) is 59.2 Å². The minimum Gasteiger partial charge on any atom is -0.495 e. The van der Waals surface area contributed by atoms with Crippen LogP contribution in [-0.4, -0.2) is 12.1 Å². The Kier molecular flexibility index (Phi) is 3.56. The molecule has 4 heteroatoms. The van der Waals surface area contributed by atoms with Crippen molar-refractivity contribution in [2.24, 2.45) is 0 Å². The average molecular weight is 330 g/mol. The maximum absolute atomic E-state index is 5.74. The Morgan fingerprint density at radius 2 is 1.65 bits per heavy atom. The van der Waals surface area contributed by atoms with Crippen LogP contribution < -0.4 is 9.47 Å². The van der Waals surface area contributed by atoms with Gasteiger partial charge in [0, 0.05) is 10.5 Å². The normalized spacial score (nSPS) is 10.5. The second-order valence-electron chi connectivity index (χ2n) is 4.29. The summed E-state index contributed by atoms with van der Waals surface area (Å²) in [6.45, 7) is 0. The molecule has 3 rings (SSSR count). The van der Waals surface area contributed by atoms with Crippen LogP contribution in [0.1, 0.15) is 0 Å². The second-order valence-corrected chi connectivity index (χ2v) is 5.21. The molecule has 0 N–H and O–H groups in total. The highest BCUT2D eigenvalue weighted by molar-refractivity contribution is 9.10. The highest BCUT2D eigenvalue weighted by Gasteiger charge is 2.02. The van der Waals surface area contributed by atoms with Crippen molar-refractivity contribution in [3.8, 4) is 17.4 Å². The number of ether oxygens (including phenoxy) is 2. The van der Waals surface area contributed by atoms with Crippen LogP contribution in [0.25, 0.3) is 10.8 Å². The highest BCUT2D eigenvalue weighted by atomic mass is 79.9. The number of rotatable bonds is 3. The number of pyridine rings is 1. The van der Waals surface area contributed by atoms with E-state index >= 15 is 0 Å². The van der Waals surface area contributed by atoms with Crippen LogP contribution in [0, 0.1) is 0 Å². The Morgan fingerprint density at radius 1 is 0.900 bits per heavy atom. The maximum Gasteiger partial charge on any atom is 0.219 e. The molecule has 0 unspecified atom stereocenters. The van der Waals surface area contributed by atoms with Crippen molar-refractivity contribution in [1.29, 1.82) is 0 Å². The molecule has 0 atom stereocenters. The number of aromatic nitrogens is 1. The Labute approximate surface area is 125 Å². The molecule has 3 aromatic rings. The van der Waals surface area contributed by atoms with E-state index in [1.165, 1.54) is 0 Å². The smallest absolute Gasteiger partial charge is 0.219 e. The van der Waals surface area contributed by atoms with E-state index in [9.17, 15) is 0 Å². The molecule has 0 aliphatic heterocycles. The van der Waals surface area contributed by atoms with Crippen molar-refractivity contribution in [2.45, 2.75) is 0 Å². The van der Waals surface area contributed by atoms with Gasteiger partial charge in [0.15, 0.2) is 0 Å². The molecule has 1 heterocycles. The van der Waals surface area contributed by atoms with Crippen molar-refractivity contribution in [2.75, 3.05) is 7.11 Å². The zero-order valence-electron chi connectivity index (χ0n) is 10.8. The molecular weight excluding hydrogens is 318 g/mol. The van der Waals surface area contributed by atoms with Crippen molar-refractivity contribution < 1.29 is 9.47 Å². The molecule has 0 spiro atoms. The predicted octanol–water partition coefficient (Wildman–Crippen LogP) is 4.80. The van der Waals surface area contributed by atoms with E-state index in [2.05, 4.69) is 27.0 Å². The van der Waals surface area contributed by atoms with E-state index in [1.807, 2.05) is 36.4 Å². The van der Waals surface area contributed by atoms with Crippen molar-refractivity contribution >= 4 is 26.7 Å². The Balaban J connectivity index is 1.88. The fourth-order valence-electron chi connectivity index (χ4n) is 1.93. The number of benzene rings is 2. The van der Waals surface area contributed by atoms with Gasteiger partial charge in [0.1, 0.15) is 11.5 Å². The first-order valence-corrected chi connectivity index (χ1v) is 6.91. The zero-order valence-corrected chi connectivity index (χ0v) is 12.4. The summed E-state index contributed by atoms with van der Waals surface area (Å²) < 4.78 is 11.9. The monoisotopic (exact) mass is 329 g/mol. The van der Waals surface area contributed by atoms with E-state index in [0.29, 0.717) is 11.6 Å². The van der Waals surface area contributed by atoms with Crippen LogP contribution >= 0.6 is 15.9 Å². The summed E-state index contributed by atoms with van der Waals surface area (Å²) in [5.41, 5.74) is 0. The average Bonchev–Trinajstić information content (AvgIpc) is 2.48. The molecule has 0 aliphatic rings. The molecule has 0 saturated heterocycles. The van der Waals surface area contributed by atoms with Crippen LogP contribution in [0.3, 0.4) is 0 Å². The SMILES string of the molecule is COc1ccc(Oc2ccc3cc(Br)ccc3c2)nc1. The summed E-state index contributed by atoms with van der Waals surface area (Å²) in [6.07, 6.45) is 1.63. The van der Waals surface area contributed by atoms with Gasteiger partial charge in [-0.05, 0) is 41.1 Å². The van der Waals surface area contributed by atoms with Gasteiger partial charge >= 0.3 is 0 Å². The first-order valence-electron chi connectivity index (χ1n) is 6.12. The standard InChI is InChI=1S/C16H12BrNO2/c1-19-15-6-7-16(18-10-15)20-14-5-3-11-8-13(17)4-2-12(11)9-14/h2-10H,1H3. The van der Waals surface area contributed by atoms with E-state index < -0.39 is 0 Å². The van der Waals surface area contributed by atoms with Gasteiger partial charge in [-0.15, -0.1) is 0 Å². The van der Waals surface area contributed by atoms with E-state index in [4.69, 9.17) is 9.47 Å². The zero-order chi connectivity index (χ0) is 13.9. The first kappa shape index (κ1) is 12.9. The summed E-state index contributed by atoms with van der Waals surface area (Å²) in [4.78, 5) is 4.18. The van der Waals surface area contributed by atoms with Crippen molar-refractivity contribution in [3.05, 3.63) is 59.2 Å². The largest absolute Gasteiger partial charge is 0.495 e. The van der Waals surface area contributed by atoms with Gasteiger partial charge in [0.25, 0.3) is 0 Å². The van der Waals surface area contributed by atoms with Crippen molar-refractivity contribution in [3.63, 3.8) is 0 Å². The van der Waals surface area contributed by atoms with Gasteiger partial charge < -0.3 is 9.47 Å². The van der Waals surface area contributed by atoms with Gasteiger partial charge in [-0.3, -0.25) is 0 Å². The molecule has 0 fully saturated rings. The maximum atomic E-state index is 5.74. The van der Waals surface area contributed by atoms with E-state index in [0.717, 1.165) is 21.0 Å². The lowest BCUT2D eigenvalue weighted by Gasteiger charge is -2.07. The van der Waals surface area contributed by atoms with E-state index in [1.54, 1.807) is 19.4 Å². The van der Waals surface area contributed by atoms with Crippen molar-refractivity contribution in [1.82, 2.24) is 4.98 Å². The van der Waals surface area contributed by atoms with E-state index in [-0.39, 0.29) is 0 Å². The lowest BCUT2D eigenvalue weighted by Crippen LogP contribution is -1.89. The highest BCUT2D eigenvalue weighted by Crippen LogP contribution is 2.27. The topological polar surface area (TPSA) is 31.4 Å². The summed E-state index contributed by atoms with van der Waals surface area (Å²) in [7, 11) is 1.61. The molecule has 0 bridgehead atoms. The van der Waals surface area contributed by atoms with Crippen LogP contribution in [0.5, 0.6) is 17.4 Å². The molecule has 3 nitrogen and oxygen atoms in total. The number of hydrogen-bond donors (Lipinski definition) is 0. The second kappa shape index (κ2) is 5.51. The van der Waals surface area contributed by atoms with Crippen LogP contribution in [-0.2, 0) is 0 Å². The Bertz CT molecular complexity index is 741. The van der Waals surface area contributed by atoms with Crippen LogP contribution in [0.4, 0.5) is 0 Å². The molecular formula is C16H12BrNO2. The number of nitrogens with zero attached hydrogens (tertiary/aromatic N) is 1. The summed E-state index contributed by atoms with van der Waals surface area (Å²) in [5.74, 6) is 2.01. The number of hydrogen-bond acceptors (Lipinski definition) is 3. The lowest BCUT2D eigenvalue weighted by molar-refractivity contribution is 0.408. The third-order valence-corrected chi connectivity index (χ3v) is 3.43. The molecule has 0 amide bonds. The van der Waals surface area contributed by atoms with Gasteiger partial charge in [0.2, 0.25) is 5.88 Å². The molecule has 1 aromatic heterocycles. The lowest BCUT2D eigenvalue weighted by atomic mass is 10.1. The fraction of sp³-hybridized carbons (Fsp3) is 0.0625. The summed E-state index contributed by atoms with van der Waals surface area (Å²) >= 11 is 3.47. The van der Waals surface area contributed by atoms with Crippen LogP contribution in [0.2, 0.25) is 0 Å². The summed E-state index contributed by atoms with van der Waals surface area (Å²) in [6, 6.07) is 15.7. The van der Waals surface area contributed by atoms with Gasteiger partial charge in [0.05, 0.1) is 13.3 Å². The fourth-order valence-corrected chi connectivity index (χ4v) is 2.31. The van der Waals surface area contributed by atoms with Gasteiger partial charge in [-0.2, -0.15) is 0 Å². The quantitative estimate of drug-likeness (QED) is 0.691. The molecule has 0 radical (unpaired) electrons. The number of halogens is 1. The molecule has 20 heavy (non-hydrogen) atoms. The first-order chi connectivity index (χ1) is 9.74. The third kappa shape index (κ3) is 2.75. The molecule has 2 aromatic carbocycles. The van der Waals surface area contributed by atoms with Gasteiger partial charge in [-0.25, -0.2) is 4.98 Å². The Morgan fingerprint density at radius 3 is 2.40 bits per heavy atom. The summed E-state index contributed by atoms with van der Waals surface area (Å²) in [5, 5.41) is 2.29. The third-order valence-electron chi connectivity index (χ3n) is 2.94. The van der Waals surface area contributed by atoms with Gasteiger partial charge in [-0.1, -0.05) is 28.1 Å². The number of fused-ring (bicyclic) bond motifs is 1.